The van der Waals surface area contributed by atoms with Crippen LogP contribution in [0.3, 0.4) is 0 Å². The molecular formula is C17H20N2O5S. The maximum absolute atomic E-state index is 12.3. The number of benzene rings is 1. The van der Waals surface area contributed by atoms with Crippen LogP contribution in [0.25, 0.3) is 6.08 Å². The van der Waals surface area contributed by atoms with Gasteiger partial charge in [-0.05, 0) is 42.0 Å². The van der Waals surface area contributed by atoms with Gasteiger partial charge in [-0.2, -0.15) is 0 Å². The molecule has 25 heavy (non-hydrogen) atoms. The Kier molecular flexibility index (Phi) is 7.03. The number of nitrogens with one attached hydrogen (secondary N) is 1. The zero-order valence-electron chi connectivity index (χ0n) is 14.1. The highest BCUT2D eigenvalue weighted by Crippen LogP contribution is 2.32. The Balaban J connectivity index is 1.96. The van der Waals surface area contributed by atoms with Crippen LogP contribution in [0, 0.1) is 0 Å². The van der Waals surface area contributed by atoms with Gasteiger partial charge in [-0.1, -0.05) is 12.1 Å². The number of hydrogen-bond acceptors (Lipinski definition) is 6. The van der Waals surface area contributed by atoms with Crippen molar-refractivity contribution in [3.8, 4) is 5.75 Å². The van der Waals surface area contributed by atoms with Crippen molar-refractivity contribution in [2.24, 2.45) is 0 Å². The Morgan fingerprint density at radius 2 is 1.96 bits per heavy atom. The van der Waals surface area contributed by atoms with E-state index < -0.39 is 11.1 Å². The first-order chi connectivity index (χ1) is 12.0. The number of hydrogen-bond donors (Lipinski definition) is 1. The zero-order chi connectivity index (χ0) is 18.2. The monoisotopic (exact) mass is 364 g/mol. The van der Waals surface area contributed by atoms with Crippen LogP contribution in [0.15, 0.2) is 29.2 Å². The highest BCUT2D eigenvalue weighted by Gasteiger charge is 2.36. The Labute approximate surface area is 150 Å². The molecule has 1 fully saturated rings. The molecule has 8 heteroatoms. The van der Waals surface area contributed by atoms with Crippen LogP contribution in [-0.2, 0) is 14.3 Å². The normalized spacial score (nSPS) is 15.8. The number of methoxy groups -OCH3 is 2. The predicted octanol–water partition coefficient (Wildman–Crippen LogP) is 1.88. The summed E-state index contributed by atoms with van der Waals surface area (Å²) in [6.45, 7) is 0.689. The smallest absolute Gasteiger partial charge is 0.294 e. The second-order valence-corrected chi connectivity index (χ2v) is 6.23. The van der Waals surface area contributed by atoms with Crippen molar-refractivity contribution in [3.63, 3.8) is 0 Å². The lowest BCUT2D eigenvalue weighted by atomic mass is 10.2. The Morgan fingerprint density at radius 1 is 1.24 bits per heavy atom. The fourth-order valence-electron chi connectivity index (χ4n) is 2.13. The first-order valence-electron chi connectivity index (χ1n) is 7.70. The quantitative estimate of drug-likeness (QED) is 0.560. The first-order valence-corrected chi connectivity index (χ1v) is 8.52. The molecule has 1 aromatic carbocycles. The molecule has 0 aliphatic carbocycles. The van der Waals surface area contributed by atoms with E-state index in [0.29, 0.717) is 30.2 Å². The summed E-state index contributed by atoms with van der Waals surface area (Å²) in [5.74, 6) is -0.127. The summed E-state index contributed by atoms with van der Waals surface area (Å²) in [5, 5.41) is 2.21. The minimum Gasteiger partial charge on any atom is -0.497 e. The molecule has 3 amide bonds. The molecule has 1 aliphatic rings. The maximum Gasteiger partial charge on any atom is 0.294 e. The summed E-state index contributed by atoms with van der Waals surface area (Å²) in [5.41, 5.74) is 0.773. The number of nitrogens with zero attached hydrogens (tertiary/aromatic N) is 1. The van der Waals surface area contributed by atoms with Gasteiger partial charge in [0, 0.05) is 20.3 Å². The molecule has 0 bridgehead atoms. The van der Waals surface area contributed by atoms with Crippen LogP contribution >= 0.6 is 11.8 Å². The van der Waals surface area contributed by atoms with Gasteiger partial charge in [0.25, 0.3) is 11.1 Å². The van der Waals surface area contributed by atoms with E-state index in [4.69, 9.17) is 9.47 Å². The van der Waals surface area contributed by atoms with Gasteiger partial charge in [0.1, 0.15) is 12.3 Å². The highest BCUT2D eigenvalue weighted by atomic mass is 32.2. The van der Waals surface area contributed by atoms with Gasteiger partial charge in [-0.25, -0.2) is 0 Å². The zero-order valence-corrected chi connectivity index (χ0v) is 14.9. The van der Waals surface area contributed by atoms with Crippen molar-refractivity contribution in [1.29, 1.82) is 0 Å². The molecular weight excluding hydrogens is 344 g/mol. The van der Waals surface area contributed by atoms with Crippen molar-refractivity contribution in [2.45, 2.75) is 6.42 Å². The molecule has 0 unspecified atom stereocenters. The number of imide groups is 1. The van der Waals surface area contributed by atoms with E-state index in [0.717, 1.165) is 22.2 Å². The third-order valence-electron chi connectivity index (χ3n) is 3.44. The summed E-state index contributed by atoms with van der Waals surface area (Å²) in [4.78, 5) is 37.4. The van der Waals surface area contributed by atoms with E-state index in [-0.39, 0.29) is 12.5 Å². The molecule has 1 N–H and O–H groups in total. The SMILES string of the molecule is COCCCNC(=O)CN1C(=O)S/C(=C\c2ccc(OC)cc2)C1=O. The van der Waals surface area contributed by atoms with E-state index in [2.05, 4.69) is 5.32 Å². The second kappa shape index (κ2) is 9.24. The van der Waals surface area contributed by atoms with Gasteiger partial charge in [-0.15, -0.1) is 0 Å². The topological polar surface area (TPSA) is 84.9 Å². The fraction of sp³-hybridized carbons (Fsp3) is 0.353. The van der Waals surface area contributed by atoms with E-state index in [1.54, 1.807) is 44.6 Å². The molecule has 0 spiro atoms. The van der Waals surface area contributed by atoms with Crippen molar-refractivity contribution in [3.05, 3.63) is 34.7 Å². The van der Waals surface area contributed by atoms with Gasteiger partial charge in [0.15, 0.2) is 0 Å². The number of amides is 3. The minimum atomic E-state index is -0.460. The standard InChI is InChI=1S/C17H20N2O5S/c1-23-9-3-8-18-15(20)11-19-16(21)14(25-17(19)22)10-12-4-6-13(24-2)7-5-12/h4-7,10H,3,8-9,11H2,1-2H3,(H,18,20)/b14-10-. The van der Waals surface area contributed by atoms with Crippen LogP contribution in [-0.4, -0.2) is 55.9 Å². The largest absolute Gasteiger partial charge is 0.497 e. The first kappa shape index (κ1) is 19.0. The summed E-state index contributed by atoms with van der Waals surface area (Å²) < 4.78 is 9.97. The maximum atomic E-state index is 12.3. The summed E-state index contributed by atoms with van der Waals surface area (Å²) in [6.07, 6.45) is 2.29. The van der Waals surface area contributed by atoms with E-state index in [1.165, 1.54) is 0 Å². The second-order valence-electron chi connectivity index (χ2n) is 5.24. The Bertz CT molecular complexity index is 672. The molecule has 0 radical (unpaired) electrons. The summed E-state index contributed by atoms with van der Waals surface area (Å²) in [6, 6.07) is 7.11. The van der Waals surface area contributed by atoms with E-state index in [9.17, 15) is 14.4 Å². The molecule has 1 aromatic rings. The van der Waals surface area contributed by atoms with Gasteiger partial charge in [0.05, 0.1) is 12.0 Å². The molecule has 0 atom stereocenters. The van der Waals surface area contributed by atoms with Crippen molar-refractivity contribution < 1.29 is 23.9 Å². The molecule has 7 nitrogen and oxygen atoms in total. The molecule has 0 saturated carbocycles. The van der Waals surface area contributed by atoms with Crippen molar-refractivity contribution in [2.75, 3.05) is 33.9 Å². The van der Waals surface area contributed by atoms with Crippen LogP contribution in [0.2, 0.25) is 0 Å². The van der Waals surface area contributed by atoms with Crippen molar-refractivity contribution >= 4 is 34.9 Å². The average molecular weight is 364 g/mol. The Hall–Kier alpha value is -2.32. The highest BCUT2D eigenvalue weighted by molar-refractivity contribution is 8.18. The van der Waals surface area contributed by atoms with Crippen LogP contribution in [0.5, 0.6) is 5.75 Å². The van der Waals surface area contributed by atoms with Gasteiger partial charge in [-0.3, -0.25) is 19.3 Å². The third kappa shape index (κ3) is 5.33. The minimum absolute atomic E-state index is 0.280. The lowest BCUT2D eigenvalue weighted by Gasteiger charge is -2.12. The van der Waals surface area contributed by atoms with Gasteiger partial charge in [0.2, 0.25) is 5.91 Å². The predicted molar refractivity (Wildman–Crippen MR) is 95.2 cm³/mol. The van der Waals surface area contributed by atoms with Crippen LogP contribution in [0.1, 0.15) is 12.0 Å². The van der Waals surface area contributed by atoms with Crippen molar-refractivity contribution in [1.82, 2.24) is 10.2 Å². The number of rotatable bonds is 8. The Morgan fingerprint density at radius 3 is 2.60 bits per heavy atom. The van der Waals surface area contributed by atoms with E-state index in [1.807, 2.05) is 0 Å². The average Bonchev–Trinajstić information content (AvgIpc) is 2.87. The molecule has 1 heterocycles. The number of carbonyl (C=O) groups excluding carboxylic acids is 3. The molecule has 0 aromatic heterocycles. The molecule has 134 valence electrons. The summed E-state index contributed by atoms with van der Waals surface area (Å²) >= 11 is 0.828. The molecule has 1 aliphatic heterocycles. The summed E-state index contributed by atoms with van der Waals surface area (Å²) in [7, 11) is 3.15. The van der Waals surface area contributed by atoms with Gasteiger partial charge < -0.3 is 14.8 Å². The van der Waals surface area contributed by atoms with Crippen LogP contribution < -0.4 is 10.1 Å². The third-order valence-corrected chi connectivity index (χ3v) is 4.34. The van der Waals surface area contributed by atoms with Gasteiger partial charge >= 0.3 is 0 Å². The number of ether oxygens (including phenoxy) is 2. The molecule has 1 saturated heterocycles. The number of thioether (sulfide) groups is 1. The molecule has 2 rings (SSSR count). The number of carbonyl (C=O) groups is 3. The lowest BCUT2D eigenvalue weighted by Crippen LogP contribution is -2.39. The van der Waals surface area contributed by atoms with E-state index >= 15 is 0 Å². The van der Waals surface area contributed by atoms with Crippen LogP contribution in [0.4, 0.5) is 4.79 Å². The lowest BCUT2D eigenvalue weighted by molar-refractivity contribution is -0.129. The fourth-order valence-corrected chi connectivity index (χ4v) is 2.97.